The molecule has 4 heteroatoms. The molecule has 0 aliphatic carbocycles. The zero-order valence-corrected chi connectivity index (χ0v) is 6.62. The lowest BCUT2D eigenvalue weighted by atomic mass is 10.4. The largest absolute Gasteiger partial charge is 0.462 e. The molecule has 1 atom stereocenters. The Bertz CT molecular complexity index is 153. The molecule has 1 radical (unpaired) electrons. The predicted molar refractivity (Wildman–Crippen MR) is 37.5 cm³/mol. The molecule has 11 heavy (non-hydrogen) atoms. The predicted octanol–water partition coefficient (Wildman–Crippen LogP) is 0.315. The van der Waals surface area contributed by atoms with Crippen LogP contribution in [0, 0.1) is 6.92 Å². The molecule has 0 aliphatic heterocycles. The van der Waals surface area contributed by atoms with Crippen molar-refractivity contribution < 1.29 is 19.1 Å². The summed E-state index contributed by atoms with van der Waals surface area (Å²) in [5.41, 5.74) is 0. The van der Waals surface area contributed by atoms with Gasteiger partial charge in [-0.15, -0.1) is 0 Å². The Morgan fingerprint density at radius 2 is 1.91 bits per heavy atom. The Labute approximate surface area is 65.5 Å². The smallest absolute Gasteiger partial charge is 0.303 e. The van der Waals surface area contributed by atoms with Crippen LogP contribution in [-0.2, 0) is 19.1 Å². The molecule has 0 aromatic carbocycles. The van der Waals surface area contributed by atoms with Crippen LogP contribution in [0.3, 0.4) is 0 Å². The van der Waals surface area contributed by atoms with Crippen molar-refractivity contribution in [3.8, 4) is 0 Å². The van der Waals surface area contributed by atoms with Crippen LogP contribution in [0.15, 0.2) is 0 Å². The van der Waals surface area contributed by atoms with Gasteiger partial charge in [0.2, 0.25) is 0 Å². The molecule has 1 unspecified atom stereocenters. The van der Waals surface area contributed by atoms with E-state index in [1.807, 2.05) is 0 Å². The number of hydrogen-bond acceptors (Lipinski definition) is 4. The summed E-state index contributed by atoms with van der Waals surface area (Å²) in [5.74, 6) is -0.844. The first-order valence-corrected chi connectivity index (χ1v) is 3.16. The zero-order valence-electron chi connectivity index (χ0n) is 6.62. The molecule has 0 saturated carbocycles. The highest BCUT2D eigenvalue weighted by Crippen LogP contribution is 1.91. The van der Waals surface area contributed by atoms with Gasteiger partial charge in [-0.1, -0.05) is 0 Å². The van der Waals surface area contributed by atoms with Gasteiger partial charge in [0.15, 0.2) is 0 Å². The standard InChI is InChI=1S/C7H11O4/c1-5(11-7(3)9)4-10-6(2)8/h5H,1,4H2,2-3H3. The number of carbonyl (C=O) groups is 2. The van der Waals surface area contributed by atoms with E-state index in [9.17, 15) is 9.59 Å². The molecule has 0 aliphatic rings. The summed E-state index contributed by atoms with van der Waals surface area (Å²) >= 11 is 0. The van der Waals surface area contributed by atoms with Gasteiger partial charge in [-0.2, -0.15) is 0 Å². The molecule has 0 bridgehead atoms. The van der Waals surface area contributed by atoms with Crippen LogP contribution >= 0.6 is 0 Å². The number of carbonyl (C=O) groups excluding carboxylic acids is 2. The molecule has 4 nitrogen and oxygen atoms in total. The maximum absolute atomic E-state index is 10.3. The third-order valence-corrected chi connectivity index (χ3v) is 0.805. The maximum atomic E-state index is 10.3. The van der Waals surface area contributed by atoms with E-state index in [0.29, 0.717) is 0 Å². The fourth-order valence-corrected chi connectivity index (χ4v) is 0.479. The summed E-state index contributed by atoms with van der Waals surface area (Å²) in [6.07, 6.45) is -0.614. The van der Waals surface area contributed by atoms with Crippen molar-refractivity contribution in [2.75, 3.05) is 6.61 Å². The van der Waals surface area contributed by atoms with E-state index in [0.717, 1.165) is 0 Å². The Kier molecular flexibility index (Phi) is 4.26. The summed E-state index contributed by atoms with van der Waals surface area (Å²) < 4.78 is 9.10. The summed E-state index contributed by atoms with van der Waals surface area (Å²) in [6.45, 7) is 5.99. The minimum Gasteiger partial charge on any atom is -0.462 e. The van der Waals surface area contributed by atoms with Crippen LogP contribution < -0.4 is 0 Å². The Hall–Kier alpha value is -1.06. The molecule has 0 spiro atoms. The van der Waals surface area contributed by atoms with Gasteiger partial charge in [0.1, 0.15) is 12.7 Å². The van der Waals surface area contributed by atoms with E-state index in [1.165, 1.54) is 13.8 Å². The third kappa shape index (κ3) is 6.83. The number of ether oxygens (including phenoxy) is 2. The first-order valence-electron chi connectivity index (χ1n) is 3.16. The quantitative estimate of drug-likeness (QED) is 0.556. The molecule has 0 saturated heterocycles. The molecule has 0 amide bonds. The van der Waals surface area contributed by atoms with Crippen LogP contribution in [0.4, 0.5) is 0 Å². The molecular weight excluding hydrogens is 148 g/mol. The van der Waals surface area contributed by atoms with Crippen molar-refractivity contribution in [3.05, 3.63) is 6.92 Å². The van der Waals surface area contributed by atoms with E-state index >= 15 is 0 Å². The highest BCUT2D eigenvalue weighted by molar-refractivity contribution is 5.67. The lowest BCUT2D eigenvalue weighted by Crippen LogP contribution is -2.20. The molecule has 63 valence electrons. The average molecular weight is 159 g/mol. The molecule has 0 aromatic heterocycles. The van der Waals surface area contributed by atoms with Gasteiger partial charge >= 0.3 is 11.9 Å². The normalized spacial score (nSPS) is 11.9. The van der Waals surface area contributed by atoms with E-state index in [-0.39, 0.29) is 6.61 Å². The van der Waals surface area contributed by atoms with Crippen LogP contribution in [0.1, 0.15) is 13.8 Å². The second-order valence-electron chi connectivity index (χ2n) is 2.03. The molecular formula is C7H11O4. The van der Waals surface area contributed by atoms with Gasteiger partial charge in [0.25, 0.3) is 0 Å². The summed E-state index contributed by atoms with van der Waals surface area (Å²) in [4.78, 5) is 20.5. The molecule has 0 fully saturated rings. The van der Waals surface area contributed by atoms with Crippen molar-refractivity contribution in [3.63, 3.8) is 0 Å². The topological polar surface area (TPSA) is 52.6 Å². The number of rotatable bonds is 3. The van der Waals surface area contributed by atoms with Crippen LogP contribution in [-0.4, -0.2) is 24.6 Å². The van der Waals surface area contributed by atoms with Crippen LogP contribution in [0.5, 0.6) is 0 Å². The van der Waals surface area contributed by atoms with Crippen LogP contribution in [0.2, 0.25) is 0 Å². The van der Waals surface area contributed by atoms with Gasteiger partial charge in [0, 0.05) is 13.8 Å². The Morgan fingerprint density at radius 3 is 2.27 bits per heavy atom. The summed E-state index contributed by atoms with van der Waals surface area (Å²) in [7, 11) is 0. The van der Waals surface area contributed by atoms with E-state index in [4.69, 9.17) is 0 Å². The molecule has 0 aromatic rings. The van der Waals surface area contributed by atoms with Crippen LogP contribution in [0.25, 0.3) is 0 Å². The van der Waals surface area contributed by atoms with Crippen molar-refractivity contribution in [2.24, 2.45) is 0 Å². The van der Waals surface area contributed by atoms with Crippen molar-refractivity contribution in [2.45, 2.75) is 20.0 Å². The van der Waals surface area contributed by atoms with E-state index < -0.39 is 18.0 Å². The van der Waals surface area contributed by atoms with Crippen molar-refractivity contribution in [1.82, 2.24) is 0 Å². The number of hydrogen-bond donors (Lipinski definition) is 0. The van der Waals surface area contributed by atoms with Gasteiger partial charge in [0.05, 0.1) is 0 Å². The minimum absolute atomic E-state index is 0.00884. The molecule has 0 N–H and O–H groups in total. The first-order chi connectivity index (χ1) is 5.02. The maximum Gasteiger partial charge on any atom is 0.303 e. The second-order valence-corrected chi connectivity index (χ2v) is 2.03. The van der Waals surface area contributed by atoms with E-state index in [2.05, 4.69) is 16.4 Å². The lowest BCUT2D eigenvalue weighted by molar-refractivity contribution is -0.153. The Balaban J connectivity index is 3.44. The minimum atomic E-state index is -0.614. The number of esters is 2. The SMILES string of the molecule is [CH2]C(COC(C)=O)OC(C)=O. The highest BCUT2D eigenvalue weighted by Gasteiger charge is 2.06. The third-order valence-electron chi connectivity index (χ3n) is 0.805. The second kappa shape index (κ2) is 4.71. The Morgan fingerprint density at radius 1 is 1.36 bits per heavy atom. The molecule has 0 heterocycles. The average Bonchev–Trinajstić information content (AvgIpc) is 1.82. The fourth-order valence-electron chi connectivity index (χ4n) is 0.479. The molecule has 0 rings (SSSR count). The first kappa shape index (κ1) is 9.94. The van der Waals surface area contributed by atoms with E-state index in [1.54, 1.807) is 0 Å². The lowest BCUT2D eigenvalue weighted by Gasteiger charge is -2.10. The monoisotopic (exact) mass is 159 g/mol. The summed E-state index contributed by atoms with van der Waals surface area (Å²) in [6, 6.07) is 0. The zero-order chi connectivity index (χ0) is 8.85. The fraction of sp³-hybridized carbons (Fsp3) is 0.571. The van der Waals surface area contributed by atoms with Gasteiger partial charge in [-0.25, -0.2) is 0 Å². The van der Waals surface area contributed by atoms with Crippen molar-refractivity contribution in [1.29, 1.82) is 0 Å². The van der Waals surface area contributed by atoms with Gasteiger partial charge < -0.3 is 9.47 Å². The van der Waals surface area contributed by atoms with Gasteiger partial charge in [-0.3, -0.25) is 9.59 Å². The summed E-state index contributed by atoms with van der Waals surface area (Å²) in [5, 5.41) is 0. The highest BCUT2D eigenvalue weighted by atomic mass is 16.6. The van der Waals surface area contributed by atoms with Gasteiger partial charge in [-0.05, 0) is 6.92 Å². The van der Waals surface area contributed by atoms with Crippen molar-refractivity contribution >= 4 is 11.9 Å².